The molecule has 0 aliphatic carbocycles. The molecule has 0 aromatic heterocycles. The Bertz CT molecular complexity index is 638. The quantitative estimate of drug-likeness (QED) is 0.868. The minimum Gasteiger partial charge on any atom is -0.478 e. The molecule has 2 N–H and O–H groups in total. The summed E-state index contributed by atoms with van der Waals surface area (Å²) in [4.78, 5) is 11.2. The number of carboxylic acids is 1. The van der Waals surface area contributed by atoms with Crippen molar-refractivity contribution in [3.63, 3.8) is 0 Å². The summed E-state index contributed by atoms with van der Waals surface area (Å²) in [5.74, 6) is -1.42. The van der Waals surface area contributed by atoms with Gasteiger partial charge in [0.05, 0.1) is 11.3 Å². The molecule has 0 radical (unpaired) electrons. The summed E-state index contributed by atoms with van der Waals surface area (Å²) < 4.78 is 13.2. The summed E-state index contributed by atoms with van der Waals surface area (Å²) in [6.07, 6.45) is 0. The molecule has 0 fully saturated rings. The van der Waals surface area contributed by atoms with Crippen LogP contribution in [0.3, 0.4) is 0 Å². The van der Waals surface area contributed by atoms with Crippen molar-refractivity contribution in [3.05, 3.63) is 59.4 Å². The first kappa shape index (κ1) is 14.1. The van der Waals surface area contributed by atoms with Crippen LogP contribution in [0.4, 0.5) is 15.8 Å². The molecule has 0 saturated heterocycles. The van der Waals surface area contributed by atoms with Gasteiger partial charge in [-0.3, -0.25) is 0 Å². The standard InChI is InChI=1S/C16H16FNO2/c1-10(2)12-5-3-4-6-14(12)18-15-8-7-11(17)9-13(15)16(19)20/h3-10,18H,1-2H3,(H,19,20). The zero-order valence-corrected chi connectivity index (χ0v) is 11.4. The third-order valence-electron chi connectivity index (χ3n) is 3.06. The molecule has 0 bridgehead atoms. The first-order valence-electron chi connectivity index (χ1n) is 6.38. The monoisotopic (exact) mass is 273 g/mol. The molecule has 2 aromatic carbocycles. The van der Waals surface area contributed by atoms with Gasteiger partial charge >= 0.3 is 5.97 Å². The van der Waals surface area contributed by atoms with Crippen LogP contribution in [0.15, 0.2) is 42.5 Å². The molecule has 0 atom stereocenters. The van der Waals surface area contributed by atoms with E-state index in [1.165, 1.54) is 12.1 Å². The van der Waals surface area contributed by atoms with Gasteiger partial charge in [-0.25, -0.2) is 9.18 Å². The molecule has 20 heavy (non-hydrogen) atoms. The van der Waals surface area contributed by atoms with Crippen molar-refractivity contribution in [2.45, 2.75) is 19.8 Å². The van der Waals surface area contributed by atoms with Gasteiger partial charge in [0, 0.05) is 5.69 Å². The average molecular weight is 273 g/mol. The molecule has 0 aliphatic heterocycles. The number of benzene rings is 2. The fourth-order valence-electron chi connectivity index (χ4n) is 2.06. The van der Waals surface area contributed by atoms with E-state index in [0.717, 1.165) is 17.3 Å². The number of anilines is 2. The lowest BCUT2D eigenvalue weighted by Crippen LogP contribution is -2.05. The largest absolute Gasteiger partial charge is 0.478 e. The Labute approximate surface area is 117 Å². The fourth-order valence-corrected chi connectivity index (χ4v) is 2.06. The third-order valence-corrected chi connectivity index (χ3v) is 3.06. The molecule has 4 heteroatoms. The van der Waals surface area contributed by atoms with Crippen LogP contribution in [0.5, 0.6) is 0 Å². The third kappa shape index (κ3) is 2.96. The number of carboxylic acid groups (broad SMARTS) is 1. The van der Waals surface area contributed by atoms with Crippen molar-refractivity contribution >= 4 is 17.3 Å². The Morgan fingerprint density at radius 3 is 2.50 bits per heavy atom. The summed E-state index contributed by atoms with van der Waals surface area (Å²) in [5.41, 5.74) is 2.21. The normalized spacial score (nSPS) is 10.6. The molecule has 104 valence electrons. The van der Waals surface area contributed by atoms with Gasteiger partial charge in [-0.05, 0) is 35.7 Å². The molecule has 0 heterocycles. The number of carbonyl (C=O) groups is 1. The van der Waals surface area contributed by atoms with E-state index in [9.17, 15) is 9.18 Å². The maximum absolute atomic E-state index is 13.2. The zero-order valence-electron chi connectivity index (χ0n) is 11.4. The maximum atomic E-state index is 13.2. The highest BCUT2D eigenvalue weighted by Gasteiger charge is 2.13. The first-order chi connectivity index (χ1) is 9.49. The maximum Gasteiger partial charge on any atom is 0.337 e. The van der Waals surface area contributed by atoms with Crippen molar-refractivity contribution in [1.82, 2.24) is 0 Å². The van der Waals surface area contributed by atoms with Crippen LogP contribution >= 0.6 is 0 Å². The van der Waals surface area contributed by atoms with E-state index in [4.69, 9.17) is 5.11 Å². The molecule has 0 saturated carbocycles. The topological polar surface area (TPSA) is 49.3 Å². The van der Waals surface area contributed by atoms with Crippen LogP contribution in [0, 0.1) is 5.82 Å². The van der Waals surface area contributed by atoms with E-state index in [0.29, 0.717) is 11.6 Å². The second-order valence-electron chi connectivity index (χ2n) is 4.86. The molecule has 3 nitrogen and oxygen atoms in total. The number of nitrogens with one attached hydrogen (secondary N) is 1. The lowest BCUT2D eigenvalue weighted by atomic mass is 10.0. The molecule has 0 amide bonds. The van der Waals surface area contributed by atoms with Crippen LogP contribution in [-0.2, 0) is 0 Å². The number of hydrogen-bond donors (Lipinski definition) is 2. The summed E-state index contributed by atoms with van der Waals surface area (Å²) >= 11 is 0. The smallest absolute Gasteiger partial charge is 0.337 e. The minimum atomic E-state index is -1.16. The van der Waals surface area contributed by atoms with Crippen molar-refractivity contribution in [2.24, 2.45) is 0 Å². The van der Waals surface area contributed by atoms with Gasteiger partial charge in [0.2, 0.25) is 0 Å². The van der Waals surface area contributed by atoms with Gasteiger partial charge in [-0.15, -0.1) is 0 Å². The van der Waals surface area contributed by atoms with Crippen LogP contribution in [0.25, 0.3) is 0 Å². The van der Waals surface area contributed by atoms with Crippen molar-refractivity contribution in [2.75, 3.05) is 5.32 Å². The van der Waals surface area contributed by atoms with Crippen LogP contribution in [0.1, 0.15) is 35.7 Å². The highest BCUT2D eigenvalue weighted by molar-refractivity contribution is 5.95. The summed E-state index contributed by atoms with van der Waals surface area (Å²) in [6, 6.07) is 11.4. The minimum absolute atomic E-state index is 0.0800. The van der Waals surface area contributed by atoms with E-state index < -0.39 is 11.8 Å². The first-order valence-corrected chi connectivity index (χ1v) is 6.38. The molecule has 0 unspecified atom stereocenters. The van der Waals surface area contributed by atoms with Crippen LogP contribution in [-0.4, -0.2) is 11.1 Å². The summed E-state index contributed by atoms with van der Waals surface area (Å²) in [5, 5.41) is 12.2. The lowest BCUT2D eigenvalue weighted by Gasteiger charge is -2.16. The predicted molar refractivity (Wildman–Crippen MR) is 77.2 cm³/mol. The van der Waals surface area contributed by atoms with E-state index >= 15 is 0 Å². The zero-order chi connectivity index (χ0) is 14.7. The second kappa shape index (κ2) is 5.74. The number of rotatable bonds is 4. The Morgan fingerprint density at radius 1 is 1.15 bits per heavy atom. The van der Waals surface area contributed by atoms with Gasteiger partial charge in [0.1, 0.15) is 5.82 Å². The van der Waals surface area contributed by atoms with Crippen LogP contribution in [0.2, 0.25) is 0 Å². The number of halogens is 1. The molecule has 0 aliphatic rings. The van der Waals surface area contributed by atoms with Crippen molar-refractivity contribution in [1.29, 1.82) is 0 Å². The van der Waals surface area contributed by atoms with Gasteiger partial charge < -0.3 is 10.4 Å². The SMILES string of the molecule is CC(C)c1ccccc1Nc1ccc(F)cc1C(=O)O. The second-order valence-corrected chi connectivity index (χ2v) is 4.86. The number of aromatic carboxylic acids is 1. The lowest BCUT2D eigenvalue weighted by molar-refractivity contribution is 0.0697. The van der Waals surface area contributed by atoms with E-state index in [-0.39, 0.29) is 5.56 Å². The molecular weight excluding hydrogens is 257 g/mol. The van der Waals surface area contributed by atoms with Gasteiger partial charge in [-0.2, -0.15) is 0 Å². The fraction of sp³-hybridized carbons (Fsp3) is 0.188. The Hall–Kier alpha value is -2.36. The Balaban J connectivity index is 2.43. The Morgan fingerprint density at radius 2 is 1.85 bits per heavy atom. The average Bonchev–Trinajstić information content (AvgIpc) is 2.41. The van der Waals surface area contributed by atoms with Gasteiger partial charge in [0.25, 0.3) is 0 Å². The Kier molecular flexibility index (Phi) is 4.03. The summed E-state index contributed by atoms with van der Waals surface area (Å²) in [7, 11) is 0. The molecule has 2 rings (SSSR count). The highest BCUT2D eigenvalue weighted by atomic mass is 19.1. The molecule has 2 aromatic rings. The van der Waals surface area contributed by atoms with Gasteiger partial charge in [0.15, 0.2) is 0 Å². The van der Waals surface area contributed by atoms with E-state index in [1.807, 2.05) is 24.3 Å². The summed E-state index contributed by atoms with van der Waals surface area (Å²) in [6.45, 7) is 4.12. The number of para-hydroxylation sites is 1. The molecule has 0 spiro atoms. The highest BCUT2D eigenvalue weighted by Crippen LogP contribution is 2.28. The number of hydrogen-bond acceptors (Lipinski definition) is 2. The predicted octanol–water partition coefficient (Wildman–Crippen LogP) is 4.39. The van der Waals surface area contributed by atoms with Crippen molar-refractivity contribution in [3.8, 4) is 0 Å². The van der Waals surface area contributed by atoms with Gasteiger partial charge in [-0.1, -0.05) is 32.0 Å². The molecular formula is C16H16FNO2. The van der Waals surface area contributed by atoms with E-state index in [2.05, 4.69) is 19.2 Å². The van der Waals surface area contributed by atoms with E-state index in [1.54, 1.807) is 0 Å². The van der Waals surface area contributed by atoms with Crippen LogP contribution < -0.4 is 5.32 Å². The van der Waals surface area contributed by atoms with Crippen molar-refractivity contribution < 1.29 is 14.3 Å².